The highest BCUT2D eigenvalue weighted by Gasteiger charge is 2.32. The Kier molecular flexibility index (Phi) is 9.10. The summed E-state index contributed by atoms with van der Waals surface area (Å²) in [6.45, 7) is 0.715. The average molecular weight is 625 g/mol. The highest BCUT2D eigenvalue weighted by atomic mass is 16.4. The second-order valence-corrected chi connectivity index (χ2v) is 11.6. The molecule has 0 aliphatic carbocycles. The molecule has 8 N–H and O–H groups in total. The molecule has 4 heterocycles. The molecular weight excluding hydrogens is 588 g/mol. The van der Waals surface area contributed by atoms with Crippen molar-refractivity contribution in [2.75, 3.05) is 6.54 Å². The van der Waals surface area contributed by atoms with E-state index in [9.17, 15) is 24.3 Å². The maximum absolute atomic E-state index is 13.9. The molecule has 0 spiro atoms. The summed E-state index contributed by atoms with van der Waals surface area (Å²) in [6.07, 6.45) is 8.26. The molecule has 1 saturated heterocycles. The Hall–Kier alpha value is -5.43. The highest BCUT2D eigenvalue weighted by Crippen LogP contribution is 2.21. The maximum atomic E-state index is 13.9. The van der Waals surface area contributed by atoms with Crippen LogP contribution in [0.1, 0.15) is 29.7 Å². The van der Waals surface area contributed by atoms with E-state index in [0.717, 1.165) is 39.4 Å². The van der Waals surface area contributed by atoms with Crippen LogP contribution in [0.25, 0.3) is 21.8 Å². The van der Waals surface area contributed by atoms with Crippen LogP contribution in [-0.4, -0.2) is 79.4 Å². The van der Waals surface area contributed by atoms with Crippen LogP contribution in [0.3, 0.4) is 0 Å². The molecule has 13 heteroatoms. The number of aromatic amines is 3. The van der Waals surface area contributed by atoms with Crippen LogP contribution >= 0.6 is 0 Å². The Morgan fingerprint density at radius 2 is 1.37 bits per heavy atom. The normalized spacial score (nSPS) is 16.6. The number of nitrogens with zero attached hydrogens (tertiary/aromatic N) is 1. The SMILES string of the molecule is O=C(O)[C@H](Cc1c[nH]c2ccccc12)NC(=O)[C@H](Cc1cnc[nH]1)NC(=O)[C@H](Cc1c[nH]c2ccccc12)NC(=O)[C@@H]1CCCN1. The standard InChI is InChI=1S/C33H36N8O5/c42-30(26-10-5-11-35-26)39-27(12-19-15-36-24-8-3-1-6-22(19)24)31(43)40-28(14-21-17-34-18-38-21)32(44)41-29(33(45)46)13-20-16-37-25-9-4-2-7-23(20)25/h1-4,6-9,15-18,26-29,35-37H,5,10-14H2,(H,34,38)(H,39,42)(H,40,43)(H,41,44)(H,45,46)/t26-,27-,28-,29-/m0/s1. The Bertz CT molecular complexity index is 1840. The van der Waals surface area contributed by atoms with Gasteiger partial charge in [0, 0.05) is 65.4 Å². The lowest BCUT2D eigenvalue weighted by Gasteiger charge is -2.25. The summed E-state index contributed by atoms with van der Waals surface area (Å²) in [5, 5.41) is 23.3. The van der Waals surface area contributed by atoms with Gasteiger partial charge in [0.05, 0.1) is 12.4 Å². The van der Waals surface area contributed by atoms with Gasteiger partial charge in [-0.25, -0.2) is 9.78 Å². The molecule has 238 valence electrons. The van der Waals surface area contributed by atoms with Crippen molar-refractivity contribution < 1.29 is 24.3 Å². The molecule has 1 aliphatic rings. The van der Waals surface area contributed by atoms with E-state index in [4.69, 9.17) is 0 Å². The number of imidazole rings is 1. The molecule has 1 fully saturated rings. The number of H-pyrrole nitrogens is 3. The molecular formula is C33H36N8O5. The van der Waals surface area contributed by atoms with Gasteiger partial charge in [0.25, 0.3) is 0 Å². The first-order valence-electron chi connectivity index (χ1n) is 15.3. The third kappa shape index (κ3) is 6.94. The Morgan fingerprint density at radius 3 is 1.93 bits per heavy atom. The van der Waals surface area contributed by atoms with Crippen molar-refractivity contribution in [3.63, 3.8) is 0 Å². The topological polar surface area (TPSA) is 197 Å². The van der Waals surface area contributed by atoms with Gasteiger partial charge < -0.3 is 41.3 Å². The van der Waals surface area contributed by atoms with Crippen molar-refractivity contribution in [3.05, 3.63) is 90.3 Å². The second kappa shape index (κ2) is 13.7. The largest absolute Gasteiger partial charge is 0.480 e. The van der Waals surface area contributed by atoms with E-state index in [1.807, 2.05) is 54.7 Å². The van der Waals surface area contributed by atoms with Crippen LogP contribution in [0.4, 0.5) is 0 Å². The molecule has 2 aromatic carbocycles. The molecule has 46 heavy (non-hydrogen) atoms. The van der Waals surface area contributed by atoms with Crippen LogP contribution in [0.15, 0.2) is 73.4 Å². The molecule has 3 amide bonds. The summed E-state index contributed by atoms with van der Waals surface area (Å²) in [5.41, 5.74) is 3.88. The number of benzene rings is 2. The second-order valence-electron chi connectivity index (χ2n) is 11.6. The molecule has 0 saturated carbocycles. The van der Waals surface area contributed by atoms with Gasteiger partial charge in [-0.3, -0.25) is 14.4 Å². The monoisotopic (exact) mass is 624 g/mol. The molecule has 0 unspecified atom stereocenters. The molecule has 0 bridgehead atoms. The lowest BCUT2D eigenvalue weighted by atomic mass is 10.0. The van der Waals surface area contributed by atoms with Crippen LogP contribution in [-0.2, 0) is 38.4 Å². The number of para-hydroxylation sites is 2. The molecule has 6 rings (SSSR count). The van der Waals surface area contributed by atoms with Gasteiger partial charge >= 0.3 is 5.97 Å². The molecule has 1 aliphatic heterocycles. The van der Waals surface area contributed by atoms with Gasteiger partial charge in [-0.15, -0.1) is 0 Å². The first kappa shape index (κ1) is 30.6. The van der Waals surface area contributed by atoms with Crippen LogP contribution < -0.4 is 21.3 Å². The van der Waals surface area contributed by atoms with E-state index in [1.54, 1.807) is 6.20 Å². The Morgan fingerprint density at radius 1 is 0.783 bits per heavy atom. The van der Waals surface area contributed by atoms with Crippen LogP contribution in [0.5, 0.6) is 0 Å². The van der Waals surface area contributed by atoms with Crippen molar-refractivity contribution in [1.82, 2.24) is 41.2 Å². The zero-order chi connectivity index (χ0) is 32.0. The molecule has 0 radical (unpaired) electrons. The van der Waals surface area contributed by atoms with Crippen molar-refractivity contribution >= 4 is 45.5 Å². The molecule has 13 nitrogen and oxygen atoms in total. The number of carbonyl (C=O) groups is 4. The number of amides is 3. The quantitative estimate of drug-likeness (QED) is 0.0975. The van der Waals surface area contributed by atoms with Crippen molar-refractivity contribution in [1.29, 1.82) is 0 Å². The Labute approximate surface area is 263 Å². The van der Waals surface area contributed by atoms with E-state index in [1.165, 1.54) is 12.5 Å². The lowest BCUT2D eigenvalue weighted by Crippen LogP contribution is -2.58. The first-order valence-corrected chi connectivity index (χ1v) is 15.3. The van der Waals surface area contributed by atoms with Crippen molar-refractivity contribution in [2.45, 2.75) is 56.3 Å². The smallest absolute Gasteiger partial charge is 0.326 e. The summed E-state index contributed by atoms with van der Waals surface area (Å²) in [6, 6.07) is 11.3. The van der Waals surface area contributed by atoms with E-state index in [2.05, 4.69) is 41.2 Å². The number of aromatic nitrogens is 4. The van der Waals surface area contributed by atoms with Gasteiger partial charge in [-0.1, -0.05) is 36.4 Å². The van der Waals surface area contributed by atoms with Gasteiger partial charge in [-0.2, -0.15) is 0 Å². The Balaban J connectivity index is 1.23. The fourth-order valence-electron chi connectivity index (χ4n) is 6.00. The van der Waals surface area contributed by atoms with Crippen molar-refractivity contribution in [2.24, 2.45) is 0 Å². The number of carbonyl (C=O) groups excluding carboxylic acids is 3. The maximum Gasteiger partial charge on any atom is 0.326 e. The minimum Gasteiger partial charge on any atom is -0.480 e. The van der Waals surface area contributed by atoms with Crippen molar-refractivity contribution in [3.8, 4) is 0 Å². The lowest BCUT2D eigenvalue weighted by molar-refractivity contribution is -0.142. The highest BCUT2D eigenvalue weighted by molar-refractivity contribution is 5.95. The summed E-state index contributed by atoms with van der Waals surface area (Å²) >= 11 is 0. The number of carboxylic acid groups (broad SMARTS) is 1. The minimum absolute atomic E-state index is 0.0227. The summed E-state index contributed by atoms with van der Waals surface area (Å²) in [4.78, 5) is 66.4. The summed E-state index contributed by atoms with van der Waals surface area (Å²) in [7, 11) is 0. The van der Waals surface area contributed by atoms with E-state index < -0.39 is 42.0 Å². The number of nitrogens with one attached hydrogen (secondary N) is 7. The number of carboxylic acids is 1. The summed E-state index contributed by atoms with van der Waals surface area (Å²) in [5.74, 6) is -2.75. The van der Waals surface area contributed by atoms with E-state index in [0.29, 0.717) is 18.7 Å². The van der Waals surface area contributed by atoms with Gasteiger partial charge in [0.2, 0.25) is 17.7 Å². The van der Waals surface area contributed by atoms with E-state index in [-0.39, 0.29) is 25.2 Å². The fraction of sp³-hybridized carbons (Fsp3) is 0.303. The molecule has 4 atom stereocenters. The number of hydrogen-bond acceptors (Lipinski definition) is 6. The average Bonchev–Trinajstić information content (AvgIpc) is 3.88. The predicted octanol–water partition coefficient (Wildman–Crippen LogP) is 1.69. The minimum atomic E-state index is -1.26. The number of hydrogen-bond donors (Lipinski definition) is 8. The molecule has 5 aromatic rings. The number of fused-ring (bicyclic) bond motifs is 2. The van der Waals surface area contributed by atoms with Crippen LogP contribution in [0, 0.1) is 0 Å². The number of aliphatic carboxylic acids is 1. The molecule has 3 aromatic heterocycles. The third-order valence-corrected chi connectivity index (χ3v) is 8.43. The van der Waals surface area contributed by atoms with Gasteiger partial charge in [0.15, 0.2) is 0 Å². The zero-order valence-electron chi connectivity index (χ0n) is 25.0. The first-order chi connectivity index (χ1) is 22.4. The zero-order valence-corrected chi connectivity index (χ0v) is 25.0. The third-order valence-electron chi connectivity index (χ3n) is 8.43. The summed E-state index contributed by atoms with van der Waals surface area (Å²) < 4.78 is 0. The van der Waals surface area contributed by atoms with Gasteiger partial charge in [0.1, 0.15) is 18.1 Å². The van der Waals surface area contributed by atoms with Gasteiger partial charge in [-0.05, 0) is 42.6 Å². The van der Waals surface area contributed by atoms with E-state index >= 15 is 0 Å². The fourth-order valence-corrected chi connectivity index (χ4v) is 6.00. The predicted molar refractivity (Wildman–Crippen MR) is 171 cm³/mol. The van der Waals surface area contributed by atoms with Crippen LogP contribution in [0.2, 0.25) is 0 Å². The number of rotatable bonds is 13.